The van der Waals surface area contributed by atoms with E-state index in [0.29, 0.717) is 12.1 Å². The zero-order valence-electron chi connectivity index (χ0n) is 11.9. The molecule has 0 spiro atoms. The number of nitrogens with zero attached hydrogens (tertiary/aromatic N) is 1. The second-order valence-electron chi connectivity index (χ2n) is 4.85. The number of amides is 1. The van der Waals surface area contributed by atoms with E-state index in [2.05, 4.69) is 0 Å². The molecule has 114 valence electrons. The van der Waals surface area contributed by atoms with Gasteiger partial charge in [0.2, 0.25) is 5.91 Å². The monoisotopic (exact) mass is 322 g/mol. The molecule has 1 rings (SSSR count). The molecule has 0 saturated carbocycles. The van der Waals surface area contributed by atoms with Crippen LogP contribution in [0.25, 0.3) is 0 Å². The fraction of sp³-hybridized carbons (Fsp3) is 0.500. The molecule has 20 heavy (non-hydrogen) atoms. The second-order valence-corrected chi connectivity index (χ2v) is 5.26. The molecule has 2 N–H and O–H groups in total. The molecule has 0 aliphatic heterocycles. The minimum atomic E-state index is -0.521. The van der Waals surface area contributed by atoms with E-state index in [9.17, 15) is 9.18 Å². The Bertz CT molecular complexity index is 457. The van der Waals surface area contributed by atoms with Crippen LogP contribution in [-0.4, -0.2) is 23.9 Å². The van der Waals surface area contributed by atoms with Gasteiger partial charge in [-0.3, -0.25) is 4.79 Å². The summed E-state index contributed by atoms with van der Waals surface area (Å²) in [4.78, 5) is 13.6. The number of benzene rings is 1. The molecular formula is C14H21Cl2FN2O. The lowest BCUT2D eigenvalue weighted by Crippen LogP contribution is -2.45. The molecular weight excluding hydrogens is 302 g/mol. The van der Waals surface area contributed by atoms with E-state index in [1.807, 2.05) is 13.8 Å². The standard InChI is InChI=1S/C14H20ClFN2O.ClH/c1-4-9(2)13(17)14(19)18(3)8-10-5-6-11(15)12(16)7-10;/h5-7,9,13H,4,8,17H2,1-3H3;1H. The Kier molecular flexibility index (Phi) is 8.09. The molecule has 3 nitrogen and oxygen atoms in total. The van der Waals surface area contributed by atoms with Gasteiger partial charge in [-0.1, -0.05) is 37.9 Å². The molecule has 0 aliphatic rings. The highest BCUT2D eigenvalue weighted by Crippen LogP contribution is 2.17. The van der Waals surface area contributed by atoms with Gasteiger partial charge < -0.3 is 10.6 Å². The third kappa shape index (κ3) is 4.93. The zero-order chi connectivity index (χ0) is 14.6. The van der Waals surface area contributed by atoms with Crippen LogP contribution in [0.1, 0.15) is 25.8 Å². The van der Waals surface area contributed by atoms with Gasteiger partial charge in [-0.25, -0.2) is 4.39 Å². The number of likely N-dealkylation sites (N-methyl/N-ethyl adjacent to an activating group) is 1. The largest absolute Gasteiger partial charge is 0.340 e. The summed E-state index contributed by atoms with van der Waals surface area (Å²) in [6.45, 7) is 4.25. The molecule has 0 aromatic heterocycles. The number of nitrogens with two attached hydrogens (primary N) is 1. The quantitative estimate of drug-likeness (QED) is 0.904. The van der Waals surface area contributed by atoms with Crippen molar-refractivity contribution in [2.45, 2.75) is 32.9 Å². The number of hydrogen-bond acceptors (Lipinski definition) is 2. The average Bonchev–Trinajstić information content (AvgIpc) is 2.40. The first-order valence-electron chi connectivity index (χ1n) is 6.31. The van der Waals surface area contributed by atoms with E-state index in [1.54, 1.807) is 13.1 Å². The van der Waals surface area contributed by atoms with Crippen molar-refractivity contribution in [3.8, 4) is 0 Å². The predicted octanol–water partition coefficient (Wildman–Crippen LogP) is 3.23. The topological polar surface area (TPSA) is 46.3 Å². The Hall–Kier alpha value is -0.840. The summed E-state index contributed by atoms with van der Waals surface area (Å²) in [5.41, 5.74) is 6.58. The Morgan fingerprint density at radius 1 is 1.50 bits per heavy atom. The van der Waals surface area contributed by atoms with Crippen LogP contribution in [0.4, 0.5) is 4.39 Å². The molecule has 0 radical (unpaired) electrons. The molecule has 1 amide bonds. The summed E-state index contributed by atoms with van der Waals surface area (Å²) >= 11 is 5.62. The van der Waals surface area contributed by atoms with Gasteiger partial charge in [-0.05, 0) is 23.6 Å². The maximum atomic E-state index is 13.3. The normalized spacial score (nSPS) is 13.3. The highest BCUT2D eigenvalue weighted by Gasteiger charge is 2.22. The minimum Gasteiger partial charge on any atom is -0.340 e. The van der Waals surface area contributed by atoms with E-state index < -0.39 is 11.9 Å². The number of carbonyl (C=O) groups excluding carboxylic acids is 1. The van der Waals surface area contributed by atoms with Gasteiger partial charge >= 0.3 is 0 Å². The van der Waals surface area contributed by atoms with Crippen molar-refractivity contribution < 1.29 is 9.18 Å². The van der Waals surface area contributed by atoms with E-state index in [-0.39, 0.29) is 29.3 Å². The van der Waals surface area contributed by atoms with Gasteiger partial charge in [0.05, 0.1) is 11.1 Å². The maximum Gasteiger partial charge on any atom is 0.239 e. The van der Waals surface area contributed by atoms with Gasteiger partial charge in [0.15, 0.2) is 0 Å². The number of carbonyl (C=O) groups is 1. The van der Waals surface area contributed by atoms with E-state index >= 15 is 0 Å². The maximum absolute atomic E-state index is 13.3. The van der Waals surface area contributed by atoms with Crippen LogP contribution in [0.15, 0.2) is 18.2 Å². The third-order valence-corrected chi connectivity index (χ3v) is 3.63. The molecule has 0 bridgehead atoms. The molecule has 2 atom stereocenters. The van der Waals surface area contributed by atoms with Crippen molar-refractivity contribution in [3.05, 3.63) is 34.6 Å². The van der Waals surface area contributed by atoms with Crippen molar-refractivity contribution in [3.63, 3.8) is 0 Å². The lowest BCUT2D eigenvalue weighted by Gasteiger charge is -2.24. The number of rotatable bonds is 5. The first-order valence-corrected chi connectivity index (χ1v) is 6.69. The number of hydrogen-bond donors (Lipinski definition) is 1. The SMILES string of the molecule is CCC(C)C(N)C(=O)N(C)Cc1ccc(Cl)c(F)c1.Cl. The molecule has 6 heteroatoms. The van der Waals surface area contributed by atoms with Crippen LogP contribution < -0.4 is 5.73 Å². The highest BCUT2D eigenvalue weighted by molar-refractivity contribution is 6.30. The average molecular weight is 323 g/mol. The minimum absolute atomic E-state index is 0. The predicted molar refractivity (Wildman–Crippen MR) is 82.6 cm³/mol. The molecule has 0 fully saturated rings. The zero-order valence-corrected chi connectivity index (χ0v) is 13.5. The van der Waals surface area contributed by atoms with Crippen LogP contribution in [-0.2, 0) is 11.3 Å². The second kappa shape index (κ2) is 8.45. The molecule has 1 aromatic rings. The van der Waals surface area contributed by atoms with Crippen molar-refractivity contribution in [2.24, 2.45) is 11.7 Å². The van der Waals surface area contributed by atoms with E-state index in [1.165, 1.54) is 17.0 Å². The smallest absolute Gasteiger partial charge is 0.239 e. The van der Waals surface area contributed by atoms with Crippen LogP contribution in [0.5, 0.6) is 0 Å². The lowest BCUT2D eigenvalue weighted by atomic mass is 9.99. The van der Waals surface area contributed by atoms with E-state index in [0.717, 1.165) is 6.42 Å². The van der Waals surface area contributed by atoms with Crippen LogP contribution in [0, 0.1) is 11.7 Å². The summed E-state index contributed by atoms with van der Waals surface area (Å²) in [6.07, 6.45) is 0.844. The Balaban J connectivity index is 0.00000361. The lowest BCUT2D eigenvalue weighted by molar-refractivity contribution is -0.132. The fourth-order valence-corrected chi connectivity index (χ4v) is 1.86. The highest BCUT2D eigenvalue weighted by atomic mass is 35.5. The molecule has 0 aliphatic carbocycles. The summed E-state index contributed by atoms with van der Waals surface area (Å²) in [6, 6.07) is 4.00. The molecule has 2 unspecified atom stereocenters. The number of halogens is 3. The third-order valence-electron chi connectivity index (χ3n) is 3.32. The summed E-state index contributed by atoms with van der Waals surface area (Å²) in [5, 5.41) is 0.0778. The Morgan fingerprint density at radius 2 is 2.10 bits per heavy atom. The van der Waals surface area contributed by atoms with Gasteiger partial charge in [-0.15, -0.1) is 12.4 Å². The first kappa shape index (κ1) is 19.2. The summed E-state index contributed by atoms with van der Waals surface area (Å²) in [7, 11) is 1.66. The van der Waals surface area contributed by atoms with Gasteiger partial charge in [-0.2, -0.15) is 0 Å². The molecule has 1 aromatic carbocycles. The Morgan fingerprint density at radius 3 is 2.60 bits per heavy atom. The van der Waals surface area contributed by atoms with Crippen LogP contribution >= 0.6 is 24.0 Å². The van der Waals surface area contributed by atoms with Gasteiger partial charge in [0, 0.05) is 13.6 Å². The van der Waals surface area contributed by atoms with Crippen LogP contribution in [0.2, 0.25) is 5.02 Å². The Labute approximate surface area is 130 Å². The molecule has 0 saturated heterocycles. The molecule has 0 heterocycles. The van der Waals surface area contributed by atoms with Gasteiger partial charge in [0.25, 0.3) is 0 Å². The first-order chi connectivity index (χ1) is 8.86. The van der Waals surface area contributed by atoms with Gasteiger partial charge in [0.1, 0.15) is 5.82 Å². The van der Waals surface area contributed by atoms with Crippen molar-refractivity contribution in [1.29, 1.82) is 0 Å². The van der Waals surface area contributed by atoms with Crippen LogP contribution in [0.3, 0.4) is 0 Å². The van der Waals surface area contributed by atoms with Crippen molar-refractivity contribution >= 4 is 29.9 Å². The van der Waals surface area contributed by atoms with E-state index in [4.69, 9.17) is 17.3 Å². The summed E-state index contributed by atoms with van der Waals surface area (Å²) in [5.74, 6) is -0.493. The fourth-order valence-electron chi connectivity index (χ4n) is 1.74. The van der Waals surface area contributed by atoms with Crippen molar-refractivity contribution in [1.82, 2.24) is 4.90 Å². The summed E-state index contributed by atoms with van der Waals surface area (Å²) < 4.78 is 13.3. The van der Waals surface area contributed by atoms with Crippen molar-refractivity contribution in [2.75, 3.05) is 7.05 Å².